The summed E-state index contributed by atoms with van der Waals surface area (Å²) in [6, 6.07) is 17.2. The highest BCUT2D eigenvalue weighted by Crippen LogP contribution is 2.35. The van der Waals surface area contributed by atoms with Crippen LogP contribution in [0.25, 0.3) is 0 Å². The van der Waals surface area contributed by atoms with E-state index in [1.54, 1.807) is 0 Å². The van der Waals surface area contributed by atoms with Crippen LogP contribution >= 0.6 is 11.6 Å². The van der Waals surface area contributed by atoms with Gasteiger partial charge in [-0.15, -0.1) is 0 Å². The van der Waals surface area contributed by atoms with Gasteiger partial charge in [-0.25, -0.2) is 0 Å². The molecule has 1 heteroatoms. The van der Waals surface area contributed by atoms with Crippen molar-refractivity contribution in [2.45, 2.75) is 52.4 Å². The van der Waals surface area contributed by atoms with Crippen molar-refractivity contribution in [1.29, 1.82) is 0 Å². The minimum absolute atomic E-state index is 0.505. The van der Waals surface area contributed by atoms with Crippen LogP contribution in [0.4, 0.5) is 0 Å². The lowest BCUT2D eigenvalue weighted by atomic mass is 9.78. The zero-order valence-corrected chi connectivity index (χ0v) is 14.9. The SMILES string of the molecule is CCC(C)c1ccccc1C(Cc1ccccc1Cl)C(C)C. The largest absolute Gasteiger partial charge is 0.0840 e. The summed E-state index contributed by atoms with van der Waals surface area (Å²) in [4.78, 5) is 0. The van der Waals surface area contributed by atoms with Crippen LogP contribution in [0.2, 0.25) is 5.02 Å². The Kier molecular flexibility index (Phi) is 6.08. The maximum atomic E-state index is 6.39. The lowest BCUT2D eigenvalue weighted by Gasteiger charge is -2.26. The number of rotatable bonds is 6. The Hall–Kier alpha value is -1.27. The highest BCUT2D eigenvalue weighted by Gasteiger charge is 2.21. The Morgan fingerprint density at radius 1 is 0.864 bits per heavy atom. The van der Waals surface area contributed by atoms with Crippen molar-refractivity contribution in [3.63, 3.8) is 0 Å². The minimum Gasteiger partial charge on any atom is -0.0840 e. The van der Waals surface area contributed by atoms with Crippen LogP contribution in [0.3, 0.4) is 0 Å². The molecule has 0 N–H and O–H groups in total. The second kappa shape index (κ2) is 7.83. The Morgan fingerprint density at radius 3 is 2.05 bits per heavy atom. The molecule has 22 heavy (non-hydrogen) atoms. The van der Waals surface area contributed by atoms with Crippen LogP contribution in [0.1, 0.15) is 62.6 Å². The molecule has 0 saturated heterocycles. The van der Waals surface area contributed by atoms with E-state index < -0.39 is 0 Å². The molecular formula is C21H27Cl. The second-order valence-corrected chi connectivity index (χ2v) is 6.99. The number of benzene rings is 2. The summed E-state index contributed by atoms with van der Waals surface area (Å²) < 4.78 is 0. The molecule has 0 bridgehead atoms. The lowest BCUT2D eigenvalue weighted by molar-refractivity contribution is 0.488. The molecule has 0 heterocycles. The summed E-state index contributed by atoms with van der Waals surface area (Å²) in [5, 5.41) is 0.883. The minimum atomic E-state index is 0.505. The molecule has 0 radical (unpaired) electrons. The standard InChI is InChI=1S/C21H27Cl/c1-5-16(4)18-11-7-8-12-19(18)20(15(2)3)14-17-10-6-9-13-21(17)22/h6-13,15-16,20H,5,14H2,1-4H3. The third kappa shape index (κ3) is 3.93. The molecule has 2 atom stereocenters. The zero-order chi connectivity index (χ0) is 16.1. The van der Waals surface area contributed by atoms with Crippen molar-refractivity contribution in [2.24, 2.45) is 5.92 Å². The van der Waals surface area contributed by atoms with E-state index in [-0.39, 0.29) is 0 Å². The summed E-state index contributed by atoms with van der Waals surface area (Å²) in [5.41, 5.74) is 4.24. The van der Waals surface area contributed by atoms with E-state index >= 15 is 0 Å². The lowest BCUT2D eigenvalue weighted by Crippen LogP contribution is -2.13. The summed E-state index contributed by atoms with van der Waals surface area (Å²) >= 11 is 6.39. The third-order valence-electron chi connectivity index (χ3n) is 4.74. The molecule has 0 aliphatic rings. The number of hydrogen-bond acceptors (Lipinski definition) is 0. The quantitative estimate of drug-likeness (QED) is 0.547. The zero-order valence-electron chi connectivity index (χ0n) is 14.1. The molecule has 0 aliphatic heterocycles. The van der Waals surface area contributed by atoms with Crippen molar-refractivity contribution in [3.05, 3.63) is 70.2 Å². The highest BCUT2D eigenvalue weighted by atomic mass is 35.5. The van der Waals surface area contributed by atoms with Gasteiger partial charge in [0.05, 0.1) is 0 Å². The van der Waals surface area contributed by atoms with Gasteiger partial charge in [0.15, 0.2) is 0 Å². The van der Waals surface area contributed by atoms with E-state index in [9.17, 15) is 0 Å². The Balaban J connectivity index is 2.39. The van der Waals surface area contributed by atoms with Gasteiger partial charge < -0.3 is 0 Å². The van der Waals surface area contributed by atoms with E-state index in [0.717, 1.165) is 11.4 Å². The molecule has 2 unspecified atom stereocenters. The topological polar surface area (TPSA) is 0 Å². The van der Waals surface area contributed by atoms with Gasteiger partial charge in [-0.05, 0) is 53.4 Å². The first-order valence-corrected chi connectivity index (χ1v) is 8.74. The average molecular weight is 315 g/mol. The molecule has 0 amide bonds. The summed E-state index contributed by atoms with van der Waals surface area (Å²) in [7, 11) is 0. The molecule has 0 aromatic heterocycles. The van der Waals surface area contributed by atoms with Crippen LogP contribution in [-0.4, -0.2) is 0 Å². The fraction of sp³-hybridized carbons (Fsp3) is 0.429. The Labute approximate surface area is 140 Å². The molecule has 0 spiro atoms. The first-order valence-electron chi connectivity index (χ1n) is 8.36. The van der Waals surface area contributed by atoms with Gasteiger partial charge in [0.2, 0.25) is 0 Å². The third-order valence-corrected chi connectivity index (χ3v) is 5.11. The molecule has 2 aromatic carbocycles. The molecule has 0 aliphatic carbocycles. The number of halogens is 1. The van der Waals surface area contributed by atoms with Gasteiger partial charge in [-0.2, -0.15) is 0 Å². The maximum absolute atomic E-state index is 6.39. The van der Waals surface area contributed by atoms with Crippen molar-refractivity contribution < 1.29 is 0 Å². The molecule has 0 fully saturated rings. The maximum Gasteiger partial charge on any atom is 0.0438 e. The van der Waals surface area contributed by atoms with Crippen molar-refractivity contribution >= 4 is 11.6 Å². The summed E-state index contributed by atoms with van der Waals surface area (Å²) in [6.45, 7) is 9.22. The molecule has 118 valence electrons. The van der Waals surface area contributed by atoms with Crippen LogP contribution in [0.15, 0.2) is 48.5 Å². The van der Waals surface area contributed by atoms with Crippen LogP contribution < -0.4 is 0 Å². The smallest absolute Gasteiger partial charge is 0.0438 e. The fourth-order valence-corrected chi connectivity index (χ4v) is 3.34. The van der Waals surface area contributed by atoms with E-state index in [2.05, 4.69) is 64.1 Å². The normalized spacial score (nSPS) is 14.1. The van der Waals surface area contributed by atoms with Crippen molar-refractivity contribution in [3.8, 4) is 0 Å². The molecule has 0 nitrogen and oxygen atoms in total. The van der Waals surface area contributed by atoms with Gasteiger partial charge in [0.1, 0.15) is 0 Å². The monoisotopic (exact) mass is 314 g/mol. The number of hydrogen-bond donors (Lipinski definition) is 0. The molecular weight excluding hydrogens is 288 g/mol. The van der Waals surface area contributed by atoms with Crippen LogP contribution in [-0.2, 0) is 6.42 Å². The first-order chi connectivity index (χ1) is 10.5. The van der Waals surface area contributed by atoms with Gasteiger partial charge >= 0.3 is 0 Å². The first kappa shape index (κ1) is 17.1. The fourth-order valence-electron chi connectivity index (χ4n) is 3.12. The molecule has 2 aromatic rings. The van der Waals surface area contributed by atoms with Crippen LogP contribution in [0, 0.1) is 5.92 Å². The predicted molar refractivity (Wildman–Crippen MR) is 97.9 cm³/mol. The van der Waals surface area contributed by atoms with Gasteiger partial charge in [-0.1, -0.05) is 81.8 Å². The van der Waals surface area contributed by atoms with Gasteiger partial charge in [0, 0.05) is 5.02 Å². The van der Waals surface area contributed by atoms with Gasteiger partial charge in [-0.3, -0.25) is 0 Å². The summed E-state index contributed by atoms with van der Waals surface area (Å²) in [5.74, 6) is 1.69. The Morgan fingerprint density at radius 2 is 1.45 bits per heavy atom. The van der Waals surface area contributed by atoms with Crippen molar-refractivity contribution in [2.75, 3.05) is 0 Å². The van der Waals surface area contributed by atoms with E-state index in [1.165, 1.54) is 23.1 Å². The second-order valence-electron chi connectivity index (χ2n) is 6.58. The van der Waals surface area contributed by atoms with Gasteiger partial charge in [0.25, 0.3) is 0 Å². The predicted octanol–water partition coefficient (Wildman–Crippen LogP) is 6.84. The van der Waals surface area contributed by atoms with E-state index in [4.69, 9.17) is 11.6 Å². The summed E-state index contributed by atoms with van der Waals surface area (Å²) in [6.07, 6.45) is 2.18. The average Bonchev–Trinajstić information content (AvgIpc) is 2.53. The Bertz CT molecular complexity index is 600. The molecule has 0 saturated carbocycles. The van der Waals surface area contributed by atoms with E-state index in [0.29, 0.717) is 17.8 Å². The van der Waals surface area contributed by atoms with Crippen LogP contribution in [0.5, 0.6) is 0 Å². The highest BCUT2D eigenvalue weighted by molar-refractivity contribution is 6.31. The molecule has 2 rings (SSSR count). The van der Waals surface area contributed by atoms with Crippen molar-refractivity contribution in [1.82, 2.24) is 0 Å². The van der Waals surface area contributed by atoms with E-state index in [1.807, 2.05) is 12.1 Å².